The predicted molar refractivity (Wildman–Crippen MR) is 51.9 cm³/mol. The van der Waals surface area contributed by atoms with Gasteiger partial charge >= 0.3 is 11.8 Å². The molecule has 0 bridgehead atoms. The third-order valence-corrected chi connectivity index (χ3v) is 2.07. The molecule has 1 aromatic carbocycles. The Hall–Kier alpha value is -1.98. The molecule has 0 atom stereocenters. The van der Waals surface area contributed by atoms with E-state index in [1.165, 1.54) is 12.1 Å². The fourth-order valence-electron chi connectivity index (χ4n) is 1.42. The van der Waals surface area contributed by atoms with Gasteiger partial charge < -0.3 is 10.2 Å². The Morgan fingerprint density at radius 2 is 1.88 bits per heavy atom. The molecule has 6 heteroatoms. The summed E-state index contributed by atoms with van der Waals surface area (Å²) in [4.78, 5) is 10.9. The van der Waals surface area contributed by atoms with E-state index in [0.29, 0.717) is 6.07 Å². The summed E-state index contributed by atoms with van der Waals surface area (Å²) in [5.74, 6) is 0. The van der Waals surface area contributed by atoms with Crippen molar-refractivity contribution in [2.45, 2.75) is 6.18 Å². The Balaban J connectivity index is 2.91. The van der Waals surface area contributed by atoms with Crippen LogP contribution in [0.2, 0.25) is 0 Å². The van der Waals surface area contributed by atoms with Gasteiger partial charge in [-0.3, -0.25) is 0 Å². The highest BCUT2D eigenvalue weighted by atomic mass is 19.4. The number of halogens is 3. The van der Waals surface area contributed by atoms with Crippen molar-refractivity contribution >= 4 is 16.7 Å². The second-order valence-corrected chi connectivity index (χ2v) is 3.23. The Bertz CT molecular complexity index is 601. The summed E-state index contributed by atoms with van der Waals surface area (Å²) in [5.41, 5.74) is 3.36. The molecule has 16 heavy (non-hydrogen) atoms. The average Bonchev–Trinajstić information content (AvgIpc) is 2.16. The van der Waals surface area contributed by atoms with E-state index in [2.05, 4.69) is 4.42 Å². The number of hydrogen-bond acceptors (Lipinski definition) is 3. The van der Waals surface area contributed by atoms with Gasteiger partial charge in [-0.2, -0.15) is 13.2 Å². The molecule has 2 rings (SSSR count). The maximum Gasteiger partial charge on any atom is 0.417 e. The summed E-state index contributed by atoms with van der Waals surface area (Å²) >= 11 is 0. The largest absolute Gasteiger partial charge is 0.423 e. The second kappa shape index (κ2) is 3.26. The minimum Gasteiger partial charge on any atom is -0.423 e. The molecule has 1 heterocycles. The van der Waals surface area contributed by atoms with Gasteiger partial charge in [-0.25, -0.2) is 4.79 Å². The van der Waals surface area contributed by atoms with Gasteiger partial charge in [-0.05, 0) is 18.2 Å². The van der Waals surface area contributed by atoms with Gasteiger partial charge in [0.1, 0.15) is 5.58 Å². The molecular formula is C10H6F3NO2. The van der Waals surface area contributed by atoms with Gasteiger partial charge in [0.15, 0.2) is 0 Å². The highest BCUT2D eigenvalue weighted by molar-refractivity contribution is 5.83. The SMILES string of the molecule is Nc1ccc2oc(=O)cc(C(F)(F)F)c2c1. The van der Waals surface area contributed by atoms with E-state index in [0.717, 1.165) is 6.07 Å². The molecule has 2 aromatic rings. The zero-order valence-electron chi connectivity index (χ0n) is 7.84. The molecule has 0 aliphatic rings. The number of alkyl halides is 3. The standard InChI is InChI=1S/C10H6F3NO2/c11-10(12,13)7-4-9(15)16-8-2-1-5(14)3-6(7)8/h1-4H,14H2. The number of nitrogen functional groups attached to an aromatic ring is 1. The van der Waals surface area contributed by atoms with Crippen molar-refractivity contribution in [3.63, 3.8) is 0 Å². The molecule has 0 aliphatic heterocycles. The van der Waals surface area contributed by atoms with E-state index < -0.39 is 17.4 Å². The van der Waals surface area contributed by atoms with Crippen LogP contribution in [-0.2, 0) is 6.18 Å². The van der Waals surface area contributed by atoms with Crippen molar-refractivity contribution < 1.29 is 17.6 Å². The average molecular weight is 229 g/mol. The van der Waals surface area contributed by atoms with Gasteiger partial charge in [0.05, 0.1) is 5.56 Å². The Labute approximate surface area is 87.3 Å². The number of anilines is 1. The van der Waals surface area contributed by atoms with Crippen molar-refractivity contribution in [1.29, 1.82) is 0 Å². The number of rotatable bonds is 0. The lowest BCUT2D eigenvalue weighted by atomic mass is 10.1. The van der Waals surface area contributed by atoms with Gasteiger partial charge in [0, 0.05) is 17.1 Å². The minimum absolute atomic E-state index is 0.131. The van der Waals surface area contributed by atoms with Crippen LogP contribution in [0.5, 0.6) is 0 Å². The van der Waals surface area contributed by atoms with Crippen molar-refractivity contribution in [1.82, 2.24) is 0 Å². The molecular weight excluding hydrogens is 223 g/mol. The molecule has 0 radical (unpaired) electrons. The van der Waals surface area contributed by atoms with E-state index in [9.17, 15) is 18.0 Å². The molecule has 0 fully saturated rings. The van der Waals surface area contributed by atoms with Crippen LogP contribution in [0.3, 0.4) is 0 Å². The molecule has 0 saturated heterocycles. The molecule has 0 aliphatic carbocycles. The number of nitrogens with two attached hydrogens (primary N) is 1. The molecule has 84 valence electrons. The Morgan fingerprint density at radius 1 is 1.19 bits per heavy atom. The quantitative estimate of drug-likeness (QED) is 0.557. The Morgan fingerprint density at radius 3 is 2.50 bits per heavy atom. The first-order chi connectivity index (χ1) is 7.38. The van der Waals surface area contributed by atoms with Crippen LogP contribution in [0.25, 0.3) is 11.0 Å². The zero-order valence-corrected chi connectivity index (χ0v) is 7.84. The normalized spacial score (nSPS) is 11.9. The van der Waals surface area contributed by atoms with Gasteiger partial charge in [0.25, 0.3) is 0 Å². The molecule has 1 aromatic heterocycles. The van der Waals surface area contributed by atoms with Crippen molar-refractivity contribution in [2.24, 2.45) is 0 Å². The number of fused-ring (bicyclic) bond motifs is 1. The lowest BCUT2D eigenvalue weighted by Gasteiger charge is -2.09. The molecule has 0 spiro atoms. The van der Waals surface area contributed by atoms with Crippen LogP contribution in [0.15, 0.2) is 33.5 Å². The number of hydrogen-bond donors (Lipinski definition) is 1. The predicted octanol–water partition coefficient (Wildman–Crippen LogP) is 2.39. The molecule has 0 saturated carbocycles. The lowest BCUT2D eigenvalue weighted by molar-refractivity contribution is -0.136. The van der Waals surface area contributed by atoms with Gasteiger partial charge in [-0.15, -0.1) is 0 Å². The van der Waals surface area contributed by atoms with Gasteiger partial charge in [-0.1, -0.05) is 0 Å². The van der Waals surface area contributed by atoms with Crippen LogP contribution in [0, 0.1) is 0 Å². The second-order valence-electron chi connectivity index (χ2n) is 3.23. The smallest absolute Gasteiger partial charge is 0.417 e. The van der Waals surface area contributed by atoms with E-state index in [4.69, 9.17) is 5.73 Å². The first-order valence-electron chi connectivity index (χ1n) is 4.28. The third-order valence-electron chi connectivity index (χ3n) is 2.07. The van der Waals surface area contributed by atoms with Crippen LogP contribution < -0.4 is 11.4 Å². The van der Waals surface area contributed by atoms with Crippen molar-refractivity contribution in [2.75, 3.05) is 5.73 Å². The summed E-state index contributed by atoms with van der Waals surface area (Å²) in [6, 6.07) is 4.15. The van der Waals surface area contributed by atoms with Crippen LogP contribution >= 0.6 is 0 Å². The summed E-state index contributed by atoms with van der Waals surface area (Å²) < 4.78 is 42.5. The van der Waals surface area contributed by atoms with E-state index >= 15 is 0 Å². The topological polar surface area (TPSA) is 56.2 Å². The summed E-state index contributed by atoms with van der Waals surface area (Å²) in [6.45, 7) is 0. The molecule has 2 N–H and O–H groups in total. The van der Waals surface area contributed by atoms with E-state index in [-0.39, 0.29) is 16.7 Å². The van der Waals surface area contributed by atoms with E-state index in [1.807, 2.05) is 0 Å². The highest BCUT2D eigenvalue weighted by Crippen LogP contribution is 2.34. The monoisotopic (exact) mass is 229 g/mol. The first-order valence-corrected chi connectivity index (χ1v) is 4.28. The fourth-order valence-corrected chi connectivity index (χ4v) is 1.42. The van der Waals surface area contributed by atoms with Crippen LogP contribution in [-0.4, -0.2) is 0 Å². The number of benzene rings is 1. The van der Waals surface area contributed by atoms with Crippen molar-refractivity contribution in [3.05, 3.63) is 40.2 Å². The molecule has 3 nitrogen and oxygen atoms in total. The summed E-state index contributed by atoms with van der Waals surface area (Å²) in [7, 11) is 0. The fraction of sp³-hybridized carbons (Fsp3) is 0.100. The third kappa shape index (κ3) is 1.73. The first kappa shape index (κ1) is 10.5. The maximum atomic E-state index is 12.6. The van der Waals surface area contributed by atoms with Gasteiger partial charge in [0.2, 0.25) is 0 Å². The maximum absolute atomic E-state index is 12.6. The zero-order chi connectivity index (χ0) is 11.9. The summed E-state index contributed by atoms with van der Waals surface area (Å²) in [5, 5.41) is -0.216. The van der Waals surface area contributed by atoms with Crippen molar-refractivity contribution in [3.8, 4) is 0 Å². The summed E-state index contributed by atoms with van der Waals surface area (Å²) in [6.07, 6.45) is -4.61. The van der Waals surface area contributed by atoms with Crippen LogP contribution in [0.4, 0.5) is 18.9 Å². The molecule has 0 unspecified atom stereocenters. The lowest BCUT2D eigenvalue weighted by Crippen LogP contribution is -2.11. The molecule has 0 amide bonds. The van der Waals surface area contributed by atoms with E-state index in [1.54, 1.807) is 0 Å². The minimum atomic E-state index is -4.61. The highest BCUT2D eigenvalue weighted by Gasteiger charge is 2.33. The van der Waals surface area contributed by atoms with Crippen LogP contribution in [0.1, 0.15) is 5.56 Å². The Kier molecular flexibility index (Phi) is 2.15.